The predicted molar refractivity (Wildman–Crippen MR) is 35.7 cm³/mol. The molecule has 0 spiro atoms. The normalized spacial score (nSPS) is 9.45. The molecule has 1 aromatic heterocycles. The van der Waals surface area contributed by atoms with Crippen molar-refractivity contribution in [3.8, 4) is 0 Å². The maximum absolute atomic E-state index is 10.5. The molecule has 6 heteroatoms. The third-order valence-corrected chi connectivity index (χ3v) is 1.10. The first-order valence-electron chi connectivity index (χ1n) is 2.76. The lowest BCUT2D eigenvalue weighted by atomic mass is 10.6. The van der Waals surface area contributed by atoms with Gasteiger partial charge in [0.1, 0.15) is 0 Å². The maximum Gasteiger partial charge on any atom is 0.324 e. The zero-order chi connectivity index (χ0) is 8.43. The van der Waals surface area contributed by atoms with Gasteiger partial charge in [0.15, 0.2) is 0 Å². The Morgan fingerprint density at radius 1 is 1.45 bits per heavy atom. The number of hydrogen-bond donors (Lipinski definition) is 2. The molecule has 0 fully saturated rings. The fourth-order valence-electron chi connectivity index (χ4n) is 0.664. The molecule has 0 bridgehead atoms. The van der Waals surface area contributed by atoms with Crippen molar-refractivity contribution in [3.63, 3.8) is 0 Å². The van der Waals surface area contributed by atoms with Gasteiger partial charge in [-0.1, -0.05) is 0 Å². The summed E-state index contributed by atoms with van der Waals surface area (Å²) >= 11 is 0. The Labute approximate surface area is 61.8 Å². The van der Waals surface area contributed by atoms with Crippen molar-refractivity contribution in [2.24, 2.45) is 11.5 Å². The van der Waals surface area contributed by atoms with Crippen LogP contribution in [0.3, 0.4) is 0 Å². The molecule has 0 unspecified atom stereocenters. The van der Waals surface area contributed by atoms with Crippen molar-refractivity contribution >= 4 is 11.9 Å². The molecule has 4 N–H and O–H groups in total. The number of hydrogen-bond acceptors (Lipinski definition) is 3. The van der Waals surface area contributed by atoms with Crippen molar-refractivity contribution in [3.05, 3.63) is 18.2 Å². The topological polar surface area (TPSA) is 104 Å². The van der Waals surface area contributed by atoms with E-state index in [2.05, 4.69) is 4.98 Å². The summed E-state index contributed by atoms with van der Waals surface area (Å²) in [4.78, 5) is 24.6. The minimum absolute atomic E-state index is 0.155. The highest BCUT2D eigenvalue weighted by atomic mass is 16.2. The average Bonchev–Trinajstić information content (AvgIpc) is 2.32. The van der Waals surface area contributed by atoms with Crippen LogP contribution in [0.1, 0.15) is 10.6 Å². The first-order valence-corrected chi connectivity index (χ1v) is 2.76. The monoisotopic (exact) mass is 154 g/mol. The van der Waals surface area contributed by atoms with Crippen LogP contribution in [-0.4, -0.2) is 21.5 Å². The molecule has 0 atom stereocenters. The molecule has 6 nitrogen and oxygen atoms in total. The van der Waals surface area contributed by atoms with Crippen LogP contribution in [0.25, 0.3) is 0 Å². The van der Waals surface area contributed by atoms with Gasteiger partial charge in [-0.2, -0.15) is 0 Å². The molecule has 0 radical (unpaired) electrons. The van der Waals surface area contributed by atoms with Gasteiger partial charge in [0.05, 0.1) is 0 Å². The first-order chi connectivity index (χ1) is 5.13. The van der Waals surface area contributed by atoms with Gasteiger partial charge in [0.2, 0.25) is 5.82 Å². The van der Waals surface area contributed by atoms with Crippen LogP contribution in [0.2, 0.25) is 0 Å². The van der Waals surface area contributed by atoms with Crippen LogP contribution in [-0.2, 0) is 0 Å². The van der Waals surface area contributed by atoms with E-state index < -0.39 is 11.9 Å². The minimum Gasteiger partial charge on any atom is -0.363 e. The summed E-state index contributed by atoms with van der Waals surface area (Å²) < 4.78 is 0.877. The van der Waals surface area contributed by atoms with Crippen molar-refractivity contribution in [1.29, 1.82) is 0 Å². The van der Waals surface area contributed by atoms with Crippen LogP contribution in [0, 0.1) is 0 Å². The van der Waals surface area contributed by atoms with Gasteiger partial charge >= 0.3 is 6.03 Å². The van der Waals surface area contributed by atoms with Crippen molar-refractivity contribution in [2.45, 2.75) is 0 Å². The Kier molecular flexibility index (Phi) is 1.59. The highest BCUT2D eigenvalue weighted by Gasteiger charge is 2.10. The predicted octanol–water partition coefficient (Wildman–Crippen LogP) is -1.09. The average molecular weight is 154 g/mol. The Morgan fingerprint density at radius 3 is 2.45 bits per heavy atom. The molecule has 1 aromatic rings. The number of rotatable bonds is 1. The SMILES string of the molecule is NC(=O)c1nccn1C(N)=O. The molecule has 0 aliphatic heterocycles. The van der Waals surface area contributed by atoms with Crippen LogP contribution >= 0.6 is 0 Å². The quantitative estimate of drug-likeness (QED) is 0.536. The third kappa shape index (κ3) is 1.18. The van der Waals surface area contributed by atoms with Gasteiger partial charge in [-0.3, -0.25) is 4.79 Å². The summed E-state index contributed by atoms with van der Waals surface area (Å²) in [6, 6.07) is -0.781. The zero-order valence-electron chi connectivity index (χ0n) is 5.52. The summed E-state index contributed by atoms with van der Waals surface area (Å²) in [5.41, 5.74) is 9.74. The van der Waals surface area contributed by atoms with E-state index >= 15 is 0 Å². The molecule has 1 rings (SSSR count). The summed E-state index contributed by atoms with van der Waals surface area (Å²) in [6.45, 7) is 0. The Balaban J connectivity index is 3.16. The molecule has 2 amide bonds. The molecule has 1 heterocycles. The van der Waals surface area contributed by atoms with E-state index in [4.69, 9.17) is 11.5 Å². The summed E-state index contributed by atoms with van der Waals surface area (Å²) in [7, 11) is 0. The van der Waals surface area contributed by atoms with Crippen molar-refractivity contribution < 1.29 is 9.59 Å². The van der Waals surface area contributed by atoms with Crippen molar-refractivity contribution in [2.75, 3.05) is 0 Å². The smallest absolute Gasteiger partial charge is 0.324 e. The number of carbonyl (C=O) groups excluding carboxylic acids is 2. The van der Waals surface area contributed by atoms with Gasteiger partial charge in [-0.05, 0) is 0 Å². The molecule has 0 saturated heterocycles. The number of amides is 2. The summed E-state index contributed by atoms with van der Waals surface area (Å²) in [5.74, 6) is -0.939. The summed E-state index contributed by atoms with van der Waals surface area (Å²) in [5, 5.41) is 0. The Morgan fingerprint density at radius 2 is 2.09 bits per heavy atom. The molecule has 0 aliphatic carbocycles. The second kappa shape index (κ2) is 2.41. The van der Waals surface area contributed by atoms with E-state index in [0.717, 1.165) is 4.57 Å². The largest absolute Gasteiger partial charge is 0.363 e. The number of nitrogens with two attached hydrogens (primary N) is 2. The number of aromatic nitrogens is 2. The second-order valence-corrected chi connectivity index (χ2v) is 1.82. The van der Waals surface area contributed by atoms with Gasteiger partial charge in [-0.25, -0.2) is 14.3 Å². The third-order valence-electron chi connectivity index (χ3n) is 1.10. The van der Waals surface area contributed by atoms with Crippen LogP contribution in [0.15, 0.2) is 12.4 Å². The number of carbonyl (C=O) groups is 2. The fourth-order valence-corrected chi connectivity index (χ4v) is 0.664. The lowest BCUT2D eigenvalue weighted by molar-refractivity contribution is 0.0987. The number of primary amides is 2. The summed E-state index contributed by atoms with van der Waals surface area (Å²) in [6.07, 6.45) is 2.54. The molecular formula is C5H6N4O2. The lowest BCUT2D eigenvalue weighted by Crippen LogP contribution is -2.26. The standard InChI is InChI=1S/C5H6N4O2/c6-3(10)4-8-1-2-9(4)5(7)11/h1-2H,(H2,6,10)(H2,7,11). The maximum atomic E-state index is 10.5. The highest BCUT2D eigenvalue weighted by molar-refractivity contribution is 5.93. The number of nitrogens with zero attached hydrogens (tertiary/aromatic N) is 2. The minimum atomic E-state index is -0.784. The van der Waals surface area contributed by atoms with Gasteiger partial charge in [0, 0.05) is 12.4 Å². The second-order valence-electron chi connectivity index (χ2n) is 1.82. The fraction of sp³-hybridized carbons (Fsp3) is 0. The van der Waals surface area contributed by atoms with Gasteiger partial charge < -0.3 is 11.5 Å². The van der Waals surface area contributed by atoms with Crippen LogP contribution < -0.4 is 11.5 Å². The Hall–Kier alpha value is -1.85. The lowest BCUT2D eigenvalue weighted by Gasteiger charge is -1.96. The molecule has 11 heavy (non-hydrogen) atoms. The van der Waals surface area contributed by atoms with E-state index in [1.54, 1.807) is 0 Å². The van der Waals surface area contributed by atoms with Crippen LogP contribution in [0.4, 0.5) is 4.79 Å². The molecular weight excluding hydrogens is 148 g/mol. The van der Waals surface area contributed by atoms with Gasteiger partial charge in [-0.15, -0.1) is 0 Å². The Bertz CT molecular complexity index is 275. The molecule has 0 aliphatic rings. The number of imidazole rings is 1. The van der Waals surface area contributed by atoms with Gasteiger partial charge in [0.25, 0.3) is 5.91 Å². The van der Waals surface area contributed by atoms with E-state index in [1.165, 1.54) is 12.4 Å². The zero-order valence-corrected chi connectivity index (χ0v) is 5.52. The van der Waals surface area contributed by atoms with E-state index in [-0.39, 0.29) is 5.82 Å². The van der Waals surface area contributed by atoms with Crippen molar-refractivity contribution in [1.82, 2.24) is 9.55 Å². The van der Waals surface area contributed by atoms with E-state index in [9.17, 15) is 9.59 Å². The van der Waals surface area contributed by atoms with E-state index in [0.29, 0.717) is 0 Å². The molecule has 58 valence electrons. The molecule has 0 aromatic carbocycles. The highest BCUT2D eigenvalue weighted by Crippen LogP contribution is 1.93. The molecule has 0 saturated carbocycles. The first kappa shape index (κ1) is 7.26. The van der Waals surface area contributed by atoms with Crippen LogP contribution in [0.5, 0.6) is 0 Å². The van der Waals surface area contributed by atoms with E-state index in [1.807, 2.05) is 0 Å².